The van der Waals surface area contributed by atoms with E-state index >= 15 is 0 Å². The van der Waals surface area contributed by atoms with Crippen LogP contribution in [0.25, 0.3) is 23.5 Å². The van der Waals surface area contributed by atoms with Crippen LogP contribution in [-0.4, -0.2) is 165 Å². The molecule has 41 heteroatoms. The highest BCUT2D eigenvalue weighted by molar-refractivity contribution is 9.17. The average Bonchev–Trinajstić information content (AvgIpc) is 1.64. The van der Waals surface area contributed by atoms with Crippen molar-refractivity contribution in [3.8, 4) is 63.2 Å². The number of fused-ring (bicyclic) bond motifs is 5. The number of Topliss-reactive ketones (excluding diaryl/α,β-unsaturated/α-hetero) is 10. The molecular weight excluding hydrogens is 2150 g/mol. The number of ether oxygens (including phenoxy) is 11. The molecule has 0 N–H and O–H groups in total. The van der Waals surface area contributed by atoms with Gasteiger partial charge in [-0.2, -0.15) is 0 Å². The zero-order valence-electron chi connectivity index (χ0n) is 66.4. The second-order valence-electron chi connectivity index (χ2n) is 25.5. The number of hydrogen-bond donors (Lipinski definition) is 0. The molecule has 5 aliphatic carbocycles. The summed E-state index contributed by atoms with van der Waals surface area (Å²) in [6.45, 7) is 0. The van der Waals surface area contributed by atoms with Crippen molar-refractivity contribution in [2.45, 2.75) is 0 Å². The monoisotopic (exact) mass is 2190 g/mol. The number of halogens is 10. The molecule has 0 fully saturated rings. The third-order valence-corrected chi connectivity index (χ3v) is 26.6. The van der Waals surface area contributed by atoms with E-state index in [1.165, 1.54) is 133 Å². The van der Waals surface area contributed by atoms with Crippen LogP contribution >= 0.6 is 142 Å². The fourth-order valence-electron chi connectivity index (χ4n) is 12.5. The van der Waals surface area contributed by atoms with Gasteiger partial charge in [0.05, 0.1) is 161 Å². The van der Waals surface area contributed by atoms with Gasteiger partial charge in [-0.25, -0.2) is 0 Å². The summed E-state index contributed by atoms with van der Waals surface area (Å²) in [7, 11) is 15.9. The van der Waals surface area contributed by atoms with Crippen LogP contribution in [-0.2, 0) is 24.0 Å². The van der Waals surface area contributed by atoms with Crippen LogP contribution in [0.3, 0.4) is 0 Å². The fraction of sp³-hybridized carbons (Fsp3) is 0.128. The Bertz CT molecular complexity index is 6280. The number of methoxy groups -OCH3 is 11. The lowest BCUT2D eigenvalue weighted by molar-refractivity contribution is -0.111. The Morgan fingerprint density at radius 2 is 0.465 bits per heavy atom. The van der Waals surface area contributed by atoms with E-state index in [1.54, 1.807) is 42.5 Å². The lowest BCUT2D eigenvalue weighted by atomic mass is 9.93. The molecule has 0 saturated heterocycles. The van der Waals surface area contributed by atoms with E-state index in [0.717, 1.165) is 18.8 Å². The fourth-order valence-corrected chi connectivity index (χ4v) is 15.8. The molecule has 0 spiro atoms. The van der Waals surface area contributed by atoms with Gasteiger partial charge in [-0.1, -0.05) is 46.4 Å². The van der Waals surface area contributed by atoms with E-state index in [0.29, 0.717) is 54.8 Å². The van der Waals surface area contributed by atoms with E-state index in [-0.39, 0.29) is 158 Å². The Morgan fingerprint density at radius 3 is 0.724 bits per heavy atom. The van der Waals surface area contributed by atoms with Gasteiger partial charge in [0, 0.05) is 27.8 Å². The summed E-state index contributed by atoms with van der Waals surface area (Å²) in [6.07, 6.45) is 5.64. The maximum atomic E-state index is 13.0. The van der Waals surface area contributed by atoms with Crippen molar-refractivity contribution in [3.63, 3.8) is 0 Å². The standard InChI is InChI=1S/C18H12Br2O7.C18H12Cl2O7.C17H10Br2O6.C17H10Cl2O6.C16H8Br2O5/c2*1-24-9-4-7(5-10(25-2)17(9)26-3)14(21)8-6-27-18-11(8)15(22)16(23)12(19)13(18)20;2*1-23-9-4-3-7(5-10(9)24-2)14(20)8-6-25-17-11(8)15(21)16(22)12(18)13(17)19;1-22-8-4-2-7(3-5-8)13(19)9-6-23-16-10(9)14(20)15(21)11(17)12(16)18/h2*4-6H,1-3H3;2*3-6H,1-2H3;2-6H,1H3. The minimum absolute atomic E-state index is 0.0116. The first kappa shape index (κ1) is 95.7. The molecule has 5 aromatic carbocycles. The lowest BCUT2D eigenvalue weighted by Gasteiger charge is -2.14. The quantitative estimate of drug-likeness (QED) is 0.0476. The van der Waals surface area contributed by atoms with Gasteiger partial charge in [0.2, 0.25) is 69.3 Å². The molecule has 10 aromatic rings. The Morgan fingerprint density at radius 1 is 0.236 bits per heavy atom. The molecule has 5 aromatic heterocycles. The molecule has 15 rings (SSSR count). The van der Waals surface area contributed by atoms with Crippen LogP contribution in [0.1, 0.15) is 160 Å². The van der Waals surface area contributed by atoms with Crippen LogP contribution in [0.2, 0.25) is 0 Å². The third kappa shape index (κ3) is 17.9. The molecule has 0 amide bonds. The maximum absolute atomic E-state index is 13.0. The van der Waals surface area contributed by atoms with Crippen LogP contribution < -0.4 is 52.1 Å². The Labute approximate surface area is 785 Å². The van der Waals surface area contributed by atoms with Crippen LogP contribution in [0.4, 0.5) is 0 Å². The smallest absolute Gasteiger partial charge is 0.246 e. The molecular formula is C86H52Br6Cl4O31. The summed E-state index contributed by atoms with van der Waals surface area (Å²) in [5.74, 6) is -6.96. The first-order valence-electron chi connectivity index (χ1n) is 35.2. The largest absolute Gasteiger partial charge is 0.497 e. The number of hydrogen-bond acceptors (Lipinski definition) is 31. The molecule has 652 valence electrons. The third-order valence-electron chi connectivity index (χ3n) is 18.8. The van der Waals surface area contributed by atoms with Gasteiger partial charge in [-0.15, -0.1) is 0 Å². The first-order chi connectivity index (χ1) is 60.5. The minimum atomic E-state index is -1.01. The summed E-state index contributed by atoms with van der Waals surface area (Å²) in [4.78, 5) is 186. The molecule has 31 nitrogen and oxygen atoms in total. The summed E-state index contributed by atoms with van der Waals surface area (Å²) in [5.41, 5.74) is 0.398. The molecule has 0 radical (unpaired) electrons. The molecule has 0 bridgehead atoms. The predicted molar refractivity (Wildman–Crippen MR) is 473 cm³/mol. The highest BCUT2D eigenvalue weighted by Crippen LogP contribution is 2.48. The van der Waals surface area contributed by atoms with Gasteiger partial charge in [-0.3, -0.25) is 71.9 Å². The number of ketones is 15. The Hall–Kier alpha value is -11.9. The molecule has 5 heterocycles. The Kier molecular flexibility index (Phi) is 30.1. The highest BCUT2D eigenvalue weighted by atomic mass is 79.9. The second kappa shape index (κ2) is 40.0. The second-order valence-corrected chi connectivity index (χ2v) is 31.8. The molecule has 0 aliphatic heterocycles. The highest BCUT2D eigenvalue weighted by Gasteiger charge is 2.44. The van der Waals surface area contributed by atoms with E-state index in [9.17, 15) is 71.9 Å². The van der Waals surface area contributed by atoms with Crippen LogP contribution in [0.15, 0.2) is 162 Å². The summed E-state index contributed by atoms with van der Waals surface area (Å²) in [5, 5.41) is -1.30. The topological polar surface area (TPSA) is 423 Å². The van der Waals surface area contributed by atoms with Crippen molar-refractivity contribution in [3.05, 3.63) is 252 Å². The molecule has 0 unspecified atom stereocenters. The molecule has 127 heavy (non-hydrogen) atoms. The normalized spacial score (nSPS) is 13.7. The first-order valence-corrected chi connectivity index (χ1v) is 41.5. The number of allylic oxidation sites excluding steroid dienone is 5. The van der Waals surface area contributed by atoms with Crippen molar-refractivity contribution in [1.82, 2.24) is 0 Å². The summed E-state index contributed by atoms with van der Waals surface area (Å²) >= 11 is 42.1. The summed E-state index contributed by atoms with van der Waals surface area (Å²) < 4.78 is 84.6. The molecule has 5 aliphatic rings. The van der Waals surface area contributed by atoms with E-state index in [1.807, 2.05) is 0 Å². The van der Waals surface area contributed by atoms with E-state index in [4.69, 9.17) is 121 Å². The predicted octanol–water partition coefficient (Wildman–Crippen LogP) is 18.1. The van der Waals surface area contributed by atoms with Gasteiger partial charge in [0.15, 0.2) is 104 Å². The van der Waals surface area contributed by atoms with E-state index in [2.05, 4.69) is 95.6 Å². The average molecular weight is 2200 g/mol. The van der Waals surface area contributed by atoms with Crippen molar-refractivity contribution in [1.29, 1.82) is 0 Å². The number of rotatable bonds is 21. The SMILES string of the molecule is COc1cc(C(=O)c2coc3c2C(=O)C(=O)C(Br)=C3Br)cc(OC)c1OC.COc1cc(C(=O)c2coc3c2C(=O)C(=O)C(Cl)=C3Cl)cc(OC)c1OC.COc1ccc(C(=O)c2coc3c2C(=O)C(=O)C(Br)=C3Br)cc1.COc1ccc(C(=O)c2coc3c2C(=O)C(=O)C(Br)=C3Br)cc1OC.COc1ccc(C(=O)c2coc3c2C(=O)C(=O)C(Cl)=C3Cl)cc1OC. The number of carbonyl (C=O) groups excluding carboxylic acids is 15. The zero-order chi connectivity index (χ0) is 93.1. The maximum Gasteiger partial charge on any atom is 0.246 e. The number of carbonyl (C=O) groups is 15. The van der Waals surface area contributed by atoms with Crippen molar-refractivity contribution in [2.75, 3.05) is 78.2 Å². The minimum Gasteiger partial charge on any atom is -0.497 e. The van der Waals surface area contributed by atoms with E-state index < -0.39 is 96.8 Å². The van der Waals surface area contributed by atoms with Crippen molar-refractivity contribution >= 4 is 252 Å². The van der Waals surface area contributed by atoms with Gasteiger partial charge in [0.25, 0.3) is 0 Å². The van der Waals surface area contributed by atoms with Gasteiger partial charge >= 0.3 is 0 Å². The molecule has 0 saturated carbocycles. The number of benzene rings is 5. The van der Waals surface area contributed by atoms with Gasteiger partial charge in [-0.05, 0) is 181 Å². The summed E-state index contributed by atoms with van der Waals surface area (Å²) in [6, 6.07) is 21.3. The van der Waals surface area contributed by atoms with Gasteiger partial charge in [0.1, 0.15) is 57.2 Å². The van der Waals surface area contributed by atoms with Crippen LogP contribution in [0.5, 0.6) is 63.2 Å². The zero-order valence-corrected chi connectivity index (χ0v) is 78.9. The lowest BCUT2D eigenvalue weighted by Crippen LogP contribution is -2.22. The van der Waals surface area contributed by atoms with Crippen molar-refractivity contribution < 1.29 is 146 Å². The number of furan rings is 5. The Balaban J connectivity index is 0.000000154. The van der Waals surface area contributed by atoms with Crippen molar-refractivity contribution in [2.24, 2.45) is 0 Å². The van der Waals surface area contributed by atoms with Gasteiger partial charge < -0.3 is 74.2 Å². The van der Waals surface area contributed by atoms with Crippen LogP contribution in [0, 0.1) is 0 Å². The molecule has 0 atom stereocenters.